The molecule has 2 rings (SSSR count). The highest BCUT2D eigenvalue weighted by atomic mass is 127. The quantitative estimate of drug-likeness (QED) is 0.842. The number of aromatic nitrogens is 2. The van der Waals surface area contributed by atoms with Crippen LogP contribution in [0, 0.1) is 9.39 Å². The van der Waals surface area contributed by atoms with E-state index in [0.29, 0.717) is 12.6 Å². The van der Waals surface area contributed by atoms with Crippen LogP contribution in [0.4, 0.5) is 10.1 Å². The molecule has 1 heterocycles. The fraction of sp³-hybridized carbons (Fsp3) is 0.308. The minimum atomic E-state index is -0.211. The van der Waals surface area contributed by atoms with E-state index in [0.717, 1.165) is 14.8 Å². The zero-order valence-corrected chi connectivity index (χ0v) is 12.5. The van der Waals surface area contributed by atoms with Crippen LogP contribution in [-0.4, -0.2) is 9.78 Å². The predicted octanol–water partition coefficient (Wildman–Crippen LogP) is 3.82. The van der Waals surface area contributed by atoms with Crippen molar-refractivity contribution >= 4 is 28.3 Å². The van der Waals surface area contributed by atoms with Crippen LogP contribution < -0.4 is 5.32 Å². The number of hydrogen-bond donors (Lipinski definition) is 1. The van der Waals surface area contributed by atoms with Gasteiger partial charge in [0, 0.05) is 33.6 Å². The lowest BCUT2D eigenvalue weighted by molar-refractivity contribution is 0.532. The Bertz CT molecular complexity index is 537. The molecule has 1 N–H and O–H groups in total. The van der Waals surface area contributed by atoms with Crippen molar-refractivity contribution in [3.63, 3.8) is 0 Å². The van der Waals surface area contributed by atoms with Gasteiger partial charge in [-0.2, -0.15) is 5.10 Å². The maximum atomic E-state index is 13.0. The summed E-state index contributed by atoms with van der Waals surface area (Å²) in [6.45, 7) is 4.87. The monoisotopic (exact) mass is 359 g/mol. The van der Waals surface area contributed by atoms with Crippen LogP contribution in [0.25, 0.3) is 0 Å². The summed E-state index contributed by atoms with van der Waals surface area (Å²) in [7, 11) is 0. The normalized spacial score (nSPS) is 10.9. The van der Waals surface area contributed by atoms with E-state index in [-0.39, 0.29) is 5.82 Å². The number of nitrogens with one attached hydrogen (secondary N) is 1. The maximum absolute atomic E-state index is 13.0. The van der Waals surface area contributed by atoms with Crippen LogP contribution >= 0.6 is 22.6 Å². The maximum Gasteiger partial charge on any atom is 0.124 e. The Hall–Kier alpha value is -1.11. The smallest absolute Gasteiger partial charge is 0.124 e. The molecule has 0 radical (unpaired) electrons. The molecule has 1 aromatic carbocycles. The standard InChI is InChI=1S/C13H15FIN3/c1-9(2)18-8-10(7-17-18)6-16-13-4-3-11(14)5-12(13)15/h3-5,7-9,16H,6H2,1-2H3. The summed E-state index contributed by atoms with van der Waals surface area (Å²) in [6, 6.07) is 5.09. The number of nitrogens with zero attached hydrogens (tertiary/aromatic N) is 2. The lowest BCUT2D eigenvalue weighted by atomic mass is 10.3. The summed E-state index contributed by atoms with van der Waals surface area (Å²) in [6.07, 6.45) is 3.87. The van der Waals surface area contributed by atoms with Crippen molar-refractivity contribution < 1.29 is 4.39 Å². The van der Waals surface area contributed by atoms with E-state index in [4.69, 9.17) is 0 Å². The van der Waals surface area contributed by atoms with E-state index in [9.17, 15) is 4.39 Å². The van der Waals surface area contributed by atoms with Crippen LogP contribution in [0.15, 0.2) is 30.6 Å². The molecule has 0 amide bonds. The highest BCUT2D eigenvalue weighted by molar-refractivity contribution is 14.1. The number of anilines is 1. The molecule has 0 atom stereocenters. The molecule has 18 heavy (non-hydrogen) atoms. The van der Waals surface area contributed by atoms with Gasteiger partial charge in [-0.05, 0) is 54.6 Å². The molecule has 5 heteroatoms. The lowest BCUT2D eigenvalue weighted by Crippen LogP contribution is -2.02. The van der Waals surface area contributed by atoms with Gasteiger partial charge in [-0.25, -0.2) is 4.39 Å². The molecule has 96 valence electrons. The van der Waals surface area contributed by atoms with Crippen molar-refractivity contribution in [1.82, 2.24) is 9.78 Å². The summed E-state index contributed by atoms with van der Waals surface area (Å²) in [5, 5.41) is 7.56. The van der Waals surface area contributed by atoms with Crippen LogP contribution in [0.1, 0.15) is 25.5 Å². The molecule has 0 unspecified atom stereocenters. The topological polar surface area (TPSA) is 29.9 Å². The fourth-order valence-electron chi connectivity index (χ4n) is 1.58. The number of halogens is 2. The Morgan fingerprint density at radius 3 is 2.83 bits per heavy atom. The van der Waals surface area contributed by atoms with Crippen molar-refractivity contribution in [1.29, 1.82) is 0 Å². The molecule has 0 aliphatic carbocycles. The lowest BCUT2D eigenvalue weighted by Gasteiger charge is -2.07. The van der Waals surface area contributed by atoms with Crippen LogP contribution in [0.3, 0.4) is 0 Å². The van der Waals surface area contributed by atoms with Crippen molar-refractivity contribution in [2.45, 2.75) is 26.4 Å². The minimum Gasteiger partial charge on any atom is -0.380 e. The third-order valence-electron chi connectivity index (χ3n) is 2.60. The highest BCUT2D eigenvalue weighted by Gasteiger charge is 2.04. The molecule has 0 aliphatic rings. The zero-order valence-electron chi connectivity index (χ0n) is 10.3. The van der Waals surface area contributed by atoms with Crippen molar-refractivity contribution in [2.24, 2.45) is 0 Å². The Morgan fingerprint density at radius 1 is 1.44 bits per heavy atom. The summed E-state index contributed by atoms with van der Waals surface area (Å²) >= 11 is 2.12. The van der Waals surface area contributed by atoms with Gasteiger partial charge in [0.15, 0.2) is 0 Å². The van der Waals surface area contributed by atoms with Crippen molar-refractivity contribution in [2.75, 3.05) is 5.32 Å². The van der Waals surface area contributed by atoms with Gasteiger partial charge in [-0.15, -0.1) is 0 Å². The predicted molar refractivity (Wildman–Crippen MR) is 79.1 cm³/mol. The first-order valence-corrected chi connectivity index (χ1v) is 6.86. The first-order chi connectivity index (χ1) is 8.56. The first-order valence-electron chi connectivity index (χ1n) is 5.78. The molecule has 0 aliphatic heterocycles. The number of benzene rings is 1. The number of hydrogen-bond acceptors (Lipinski definition) is 2. The summed E-state index contributed by atoms with van der Waals surface area (Å²) in [5.41, 5.74) is 2.05. The second-order valence-electron chi connectivity index (χ2n) is 4.40. The second kappa shape index (κ2) is 5.69. The average molecular weight is 359 g/mol. The average Bonchev–Trinajstić information content (AvgIpc) is 2.76. The van der Waals surface area contributed by atoms with E-state index in [1.165, 1.54) is 12.1 Å². The van der Waals surface area contributed by atoms with Crippen LogP contribution in [0.5, 0.6) is 0 Å². The van der Waals surface area contributed by atoms with Crippen LogP contribution in [-0.2, 0) is 6.54 Å². The van der Waals surface area contributed by atoms with E-state index >= 15 is 0 Å². The van der Waals surface area contributed by atoms with Gasteiger partial charge in [-0.1, -0.05) is 0 Å². The fourth-order valence-corrected chi connectivity index (χ4v) is 2.25. The second-order valence-corrected chi connectivity index (χ2v) is 5.56. The van der Waals surface area contributed by atoms with Gasteiger partial charge in [0.25, 0.3) is 0 Å². The molecule has 3 nitrogen and oxygen atoms in total. The van der Waals surface area contributed by atoms with Gasteiger partial charge in [0.05, 0.1) is 6.20 Å². The van der Waals surface area contributed by atoms with E-state index in [1.807, 2.05) is 17.1 Å². The minimum absolute atomic E-state index is 0.211. The first kappa shape index (κ1) is 13.3. The summed E-state index contributed by atoms with van der Waals surface area (Å²) in [5.74, 6) is -0.211. The summed E-state index contributed by atoms with van der Waals surface area (Å²) < 4.78 is 15.8. The van der Waals surface area contributed by atoms with Gasteiger partial charge >= 0.3 is 0 Å². The van der Waals surface area contributed by atoms with E-state index < -0.39 is 0 Å². The highest BCUT2D eigenvalue weighted by Crippen LogP contribution is 2.19. The van der Waals surface area contributed by atoms with Gasteiger partial charge in [0.1, 0.15) is 5.82 Å². The van der Waals surface area contributed by atoms with Crippen molar-refractivity contribution in [3.05, 3.63) is 45.5 Å². The third kappa shape index (κ3) is 3.22. The van der Waals surface area contributed by atoms with Crippen LogP contribution in [0.2, 0.25) is 0 Å². The molecular formula is C13H15FIN3. The van der Waals surface area contributed by atoms with Gasteiger partial charge < -0.3 is 5.32 Å². The molecule has 0 saturated heterocycles. The SMILES string of the molecule is CC(C)n1cc(CNc2ccc(F)cc2I)cn1. The zero-order chi connectivity index (χ0) is 13.1. The Balaban J connectivity index is 2.02. The Kier molecular flexibility index (Phi) is 4.21. The number of rotatable bonds is 4. The van der Waals surface area contributed by atoms with E-state index in [1.54, 1.807) is 6.07 Å². The summed E-state index contributed by atoms with van der Waals surface area (Å²) in [4.78, 5) is 0. The molecule has 0 fully saturated rings. The van der Waals surface area contributed by atoms with Crippen molar-refractivity contribution in [3.8, 4) is 0 Å². The Morgan fingerprint density at radius 2 is 2.22 bits per heavy atom. The molecule has 0 saturated carbocycles. The molecular weight excluding hydrogens is 344 g/mol. The molecule has 2 aromatic rings. The molecule has 0 spiro atoms. The van der Waals surface area contributed by atoms with E-state index in [2.05, 4.69) is 46.9 Å². The van der Waals surface area contributed by atoms with Gasteiger partial charge in [0.2, 0.25) is 0 Å². The van der Waals surface area contributed by atoms with Gasteiger partial charge in [-0.3, -0.25) is 4.68 Å². The third-order valence-corrected chi connectivity index (χ3v) is 3.49. The molecule has 1 aromatic heterocycles. The largest absolute Gasteiger partial charge is 0.380 e. The molecule has 0 bridgehead atoms. The Labute approximate surface area is 120 Å².